The third-order valence-electron chi connectivity index (χ3n) is 6.81. The molecule has 1 unspecified atom stereocenters. The van der Waals surface area contributed by atoms with Gasteiger partial charge in [0.25, 0.3) is 0 Å². The second kappa shape index (κ2) is 12.1. The van der Waals surface area contributed by atoms with Crippen LogP contribution in [0.1, 0.15) is 86.0 Å². The second-order valence-electron chi connectivity index (χ2n) is 9.83. The Morgan fingerprint density at radius 1 is 1.17 bits per heavy atom. The van der Waals surface area contributed by atoms with Crippen molar-refractivity contribution in [2.24, 2.45) is 0 Å². The Hall–Kier alpha value is -3.23. The van der Waals surface area contributed by atoms with E-state index in [9.17, 15) is 10.1 Å². The lowest BCUT2D eigenvalue weighted by atomic mass is 9.75. The Labute approximate surface area is 220 Å². The predicted octanol–water partition coefficient (Wildman–Crippen LogP) is 6.71. The molecule has 3 rings (SSSR count). The van der Waals surface area contributed by atoms with Crippen LogP contribution in [-0.4, -0.2) is 21.8 Å². The molecule has 2 aromatic carbocycles. The number of rotatable bonds is 10. The van der Waals surface area contributed by atoms with Gasteiger partial charge in [-0.05, 0) is 65.6 Å². The van der Waals surface area contributed by atoms with Crippen LogP contribution >= 0.6 is 11.6 Å². The first-order chi connectivity index (χ1) is 17.2. The molecule has 36 heavy (non-hydrogen) atoms. The highest BCUT2D eigenvalue weighted by atomic mass is 35.5. The number of nitrogens with one attached hydrogen (secondary N) is 1. The number of carbonyl (C=O) groups excluding carboxylic acids is 1. The van der Waals surface area contributed by atoms with Crippen molar-refractivity contribution in [3.8, 4) is 6.07 Å². The fourth-order valence-corrected chi connectivity index (χ4v) is 4.73. The quantitative estimate of drug-likeness (QED) is 0.312. The minimum absolute atomic E-state index is 0.171. The van der Waals surface area contributed by atoms with Crippen molar-refractivity contribution in [3.05, 3.63) is 87.7 Å². The highest BCUT2D eigenvalue weighted by Gasteiger charge is 2.25. The van der Waals surface area contributed by atoms with Crippen LogP contribution in [0.3, 0.4) is 0 Å². The maximum atomic E-state index is 11.3. The van der Waals surface area contributed by atoms with Gasteiger partial charge in [0.15, 0.2) is 0 Å². The molecule has 0 radical (unpaired) electrons. The summed E-state index contributed by atoms with van der Waals surface area (Å²) in [6, 6.07) is 17.4. The Bertz CT molecular complexity index is 1240. The first-order valence-electron chi connectivity index (χ1n) is 12.5. The number of anilines is 1. The number of benzene rings is 2. The molecular formula is C30H35ClN4O. The zero-order valence-electron chi connectivity index (χ0n) is 21.9. The van der Waals surface area contributed by atoms with Crippen molar-refractivity contribution in [3.63, 3.8) is 0 Å². The summed E-state index contributed by atoms with van der Waals surface area (Å²) in [6.07, 6.45) is 5.10. The lowest BCUT2D eigenvalue weighted by Crippen LogP contribution is -2.20. The number of halogens is 1. The summed E-state index contributed by atoms with van der Waals surface area (Å²) in [5.41, 5.74) is 7.34. The monoisotopic (exact) mass is 502 g/mol. The molecule has 188 valence electrons. The van der Waals surface area contributed by atoms with Crippen molar-refractivity contribution in [1.29, 1.82) is 5.26 Å². The number of carbonyl (C=O) groups is 1. The van der Waals surface area contributed by atoms with E-state index in [1.165, 1.54) is 23.6 Å². The Balaban J connectivity index is 1.82. The largest absolute Gasteiger partial charge is 0.295 e. The molecule has 0 saturated carbocycles. The van der Waals surface area contributed by atoms with Gasteiger partial charge in [-0.3, -0.25) is 10.1 Å². The number of nitrogens with zero attached hydrogens (tertiary/aromatic N) is 3. The van der Waals surface area contributed by atoms with E-state index in [2.05, 4.69) is 85.4 Å². The fourth-order valence-electron chi connectivity index (χ4n) is 4.59. The molecule has 0 aliphatic rings. The van der Waals surface area contributed by atoms with Gasteiger partial charge in [0.1, 0.15) is 0 Å². The van der Waals surface area contributed by atoms with Crippen molar-refractivity contribution < 1.29 is 4.79 Å². The molecule has 1 aromatic heterocycles. The fraction of sp³-hybridized carbons (Fsp3) is 0.400. The van der Waals surface area contributed by atoms with E-state index in [0.717, 1.165) is 48.1 Å². The maximum absolute atomic E-state index is 11.3. The number of hydrogen-bond donors (Lipinski definition) is 1. The summed E-state index contributed by atoms with van der Waals surface area (Å²) < 4.78 is 0. The summed E-state index contributed by atoms with van der Waals surface area (Å²) in [6.45, 7) is 10.1. The van der Waals surface area contributed by atoms with Crippen molar-refractivity contribution in [2.75, 3.05) is 11.2 Å². The van der Waals surface area contributed by atoms with Crippen LogP contribution in [0.5, 0.6) is 0 Å². The summed E-state index contributed by atoms with van der Waals surface area (Å²) in [5.74, 6) is 0.918. The van der Waals surface area contributed by atoms with Gasteiger partial charge in [0.2, 0.25) is 11.9 Å². The van der Waals surface area contributed by atoms with Crippen molar-refractivity contribution in [1.82, 2.24) is 9.97 Å². The van der Waals surface area contributed by atoms with Crippen LogP contribution in [0.2, 0.25) is 0 Å². The topological polar surface area (TPSA) is 78.7 Å². The molecule has 6 heteroatoms. The number of aryl methyl sites for hydroxylation is 1. The minimum atomic E-state index is -0.245. The number of hydrogen-bond acceptors (Lipinski definition) is 4. The summed E-state index contributed by atoms with van der Waals surface area (Å²) in [7, 11) is 0. The Kier molecular flexibility index (Phi) is 9.23. The zero-order valence-corrected chi connectivity index (χ0v) is 22.6. The third-order valence-corrected chi connectivity index (χ3v) is 7.08. The van der Waals surface area contributed by atoms with Crippen LogP contribution in [0.4, 0.5) is 5.95 Å². The van der Waals surface area contributed by atoms with E-state index in [4.69, 9.17) is 11.6 Å². The van der Waals surface area contributed by atoms with Gasteiger partial charge in [0.05, 0.1) is 11.6 Å². The van der Waals surface area contributed by atoms with Crippen LogP contribution in [0, 0.1) is 11.3 Å². The van der Waals surface area contributed by atoms with Crippen LogP contribution in [0.25, 0.3) is 0 Å². The molecule has 1 amide bonds. The predicted molar refractivity (Wildman–Crippen MR) is 147 cm³/mol. The van der Waals surface area contributed by atoms with Gasteiger partial charge in [-0.1, -0.05) is 58.0 Å². The van der Waals surface area contributed by atoms with Crippen LogP contribution < -0.4 is 5.32 Å². The number of amides is 1. The SMILES string of the molecule is CCc1cc(C(C)(C)c2ccc(CC(C)c3ccnc(NC(C)=O)n3)cc2)cc(C#N)c1CCCCl. The third kappa shape index (κ3) is 6.50. The van der Waals surface area contributed by atoms with Gasteiger partial charge in [0, 0.05) is 36.0 Å². The van der Waals surface area contributed by atoms with Crippen LogP contribution in [-0.2, 0) is 29.5 Å². The maximum Gasteiger partial charge on any atom is 0.229 e. The lowest BCUT2D eigenvalue weighted by molar-refractivity contribution is -0.114. The molecule has 3 aromatic rings. The van der Waals surface area contributed by atoms with Gasteiger partial charge in [-0.2, -0.15) is 5.26 Å². The molecule has 0 bridgehead atoms. The summed E-state index contributed by atoms with van der Waals surface area (Å²) in [5, 5.41) is 12.5. The molecule has 1 heterocycles. The van der Waals surface area contributed by atoms with Gasteiger partial charge in [-0.15, -0.1) is 11.6 Å². The average Bonchev–Trinajstić information content (AvgIpc) is 2.86. The molecule has 0 aliphatic heterocycles. The lowest BCUT2D eigenvalue weighted by Gasteiger charge is -2.28. The Morgan fingerprint density at radius 2 is 1.89 bits per heavy atom. The Morgan fingerprint density at radius 3 is 2.50 bits per heavy atom. The van der Waals surface area contributed by atoms with Crippen molar-refractivity contribution >= 4 is 23.5 Å². The number of alkyl halides is 1. The highest BCUT2D eigenvalue weighted by Crippen LogP contribution is 2.35. The van der Waals surface area contributed by atoms with E-state index in [1.54, 1.807) is 6.20 Å². The van der Waals surface area contributed by atoms with E-state index < -0.39 is 0 Å². The summed E-state index contributed by atoms with van der Waals surface area (Å²) >= 11 is 5.93. The molecule has 0 fully saturated rings. The van der Waals surface area contributed by atoms with E-state index in [-0.39, 0.29) is 17.2 Å². The molecule has 0 saturated heterocycles. The molecule has 5 nitrogen and oxygen atoms in total. The smallest absolute Gasteiger partial charge is 0.229 e. The minimum Gasteiger partial charge on any atom is -0.295 e. The first kappa shape index (κ1) is 27.4. The van der Waals surface area contributed by atoms with E-state index in [0.29, 0.717) is 11.8 Å². The molecular weight excluding hydrogens is 468 g/mol. The number of nitriles is 1. The molecule has 0 spiro atoms. The highest BCUT2D eigenvalue weighted by molar-refractivity contribution is 6.17. The molecule has 0 aliphatic carbocycles. The number of aromatic nitrogens is 2. The van der Waals surface area contributed by atoms with E-state index >= 15 is 0 Å². The standard InChI is InChI=1S/C30H35ClN4O/c1-6-23-17-26(18-24(19-32)27(23)8-7-14-31)30(4,5)25-11-9-22(10-12-25)16-20(2)28-13-15-33-29(35-28)34-21(3)36/h9-13,15,17-18,20H,6-8,14,16H2,1-5H3,(H,33,34,35,36). The van der Waals surface area contributed by atoms with Gasteiger partial charge >= 0.3 is 0 Å². The van der Waals surface area contributed by atoms with Gasteiger partial charge in [-0.25, -0.2) is 9.97 Å². The van der Waals surface area contributed by atoms with Crippen LogP contribution in [0.15, 0.2) is 48.7 Å². The zero-order chi connectivity index (χ0) is 26.3. The van der Waals surface area contributed by atoms with Gasteiger partial charge < -0.3 is 0 Å². The second-order valence-corrected chi connectivity index (χ2v) is 10.2. The van der Waals surface area contributed by atoms with Crippen molar-refractivity contribution in [2.45, 2.75) is 71.6 Å². The van der Waals surface area contributed by atoms with E-state index in [1.807, 2.05) is 6.07 Å². The molecule has 1 atom stereocenters. The summed E-state index contributed by atoms with van der Waals surface area (Å²) in [4.78, 5) is 19.9. The molecule has 1 N–H and O–H groups in total. The first-order valence-corrected chi connectivity index (χ1v) is 13.0. The average molecular weight is 503 g/mol. The normalized spacial score (nSPS) is 12.1.